The van der Waals surface area contributed by atoms with Gasteiger partial charge < -0.3 is 10.4 Å². The number of carbonyl (C=O) groups excluding carboxylic acids is 1. The van der Waals surface area contributed by atoms with Crippen LogP contribution in [0.4, 0.5) is 5.69 Å². The minimum Gasteiger partial charge on any atom is -0.481 e. The molecule has 0 aliphatic rings. The fourth-order valence-corrected chi connectivity index (χ4v) is 2.05. The zero-order chi connectivity index (χ0) is 16.1. The summed E-state index contributed by atoms with van der Waals surface area (Å²) in [6.45, 7) is 3.92. The smallest absolute Gasteiger partial charge is 0.307 e. The lowest BCUT2D eigenvalue weighted by Crippen LogP contribution is -2.16. The van der Waals surface area contributed by atoms with Crippen LogP contribution < -0.4 is 5.32 Å². The molecule has 114 valence electrons. The SMILES string of the molecule is CC(C)c1ncncc1C(=O)Nc1ccc(CC(=O)O)cc1. The predicted molar refractivity (Wildman–Crippen MR) is 81.9 cm³/mol. The maximum Gasteiger partial charge on any atom is 0.307 e. The molecule has 0 aliphatic carbocycles. The van der Waals surface area contributed by atoms with Gasteiger partial charge in [-0.15, -0.1) is 0 Å². The number of nitrogens with one attached hydrogen (secondary N) is 1. The van der Waals surface area contributed by atoms with E-state index in [1.165, 1.54) is 12.5 Å². The van der Waals surface area contributed by atoms with Gasteiger partial charge in [-0.05, 0) is 23.6 Å². The molecule has 0 atom stereocenters. The minimum atomic E-state index is -0.889. The second-order valence-electron chi connectivity index (χ2n) is 5.20. The van der Waals surface area contributed by atoms with Crippen molar-refractivity contribution in [2.24, 2.45) is 0 Å². The Balaban J connectivity index is 2.14. The molecule has 0 spiro atoms. The van der Waals surface area contributed by atoms with E-state index in [1.807, 2.05) is 13.8 Å². The largest absolute Gasteiger partial charge is 0.481 e. The van der Waals surface area contributed by atoms with Gasteiger partial charge >= 0.3 is 5.97 Å². The molecule has 6 nitrogen and oxygen atoms in total. The van der Waals surface area contributed by atoms with Crippen molar-refractivity contribution in [1.29, 1.82) is 0 Å². The second kappa shape index (κ2) is 6.80. The number of carboxylic acid groups (broad SMARTS) is 1. The van der Waals surface area contributed by atoms with E-state index in [0.29, 0.717) is 22.5 Å². The first-order chi connectivity index (χ1) is 10.5. The zero-order valence-electron chi connectivity index (χ0n) is 12.4. The fourth-order valence-electron chi connectivity index (χ4n) is 2.05. The quantitative estimate of drug-likeness (QED) is 0.884. The van der Waals surface area contributed by atoms with Crippen LogP contribution >= 0.6 is 0 Å². The van der Waals surface area contributed by atoms with E-state index in [1.54, 1.807) is 24.3 Å². The predicted octanol–water partition coefficient (Wildman–Crippen LogP) is 2.48. The third-order valence-electron chi connectivity index (χ3n) is 3.10. The van der Waals surface area contributed by atoms with E-state index in [9.17, 15) is 9.59 Å². The maximum atomic E-state index is 12.3. The third-order valence-corrected chi connectivity index (χ3v) is 3.10. The van der Waals surface area contributed by atoms with Gasteiger partial charge in [0.1, 0.15) is 6.33 Å². The van der Waals surface area contributed by atoms with Crippen molar-refractivity contribution in [3.8, 4) is 0 Å². The Bertz CT molecular complexity index is 681. The molecule has 1 aromatic carbocycles. The molecule has 22 heavy (non-hydrogen) atoms. The van der Waals surface area contributed by atoms with Gasteiger partial charge in [0, 0.05) is 11.9 Å². The highest BCUT2D eigenvalue weighted by atomic mass is 16.4. The number of anilines is 1. The standard InChI is InChI=1S/C16H17N3O3/c1-10(2)15-13(8-17-9-18-15)16(22)19-12-5-3-11(4-6-12)7-14(20)21/h3-6,8-10H,7H2,1-2H3,(H,19,22)(H,20,21). The van der Waals surface area contributed by atoms with Gasteiger partial charge in [-0.2, -0.15) is 0 Å². The van der Waals surface area contributed by atoms with Gasteiger partial charge in [0.2, 0.25) is 0 Å². The maximum absolute atomic E-state index is 12.3. The van der Waals surface area contributed by atoms with Gasteiger partial charge in [-0.25, -0.2) is 9.97 Å². The van der Waals surface area contributed by atoms with Crippen molar-refractivity contribution in [2.45, 2.75) is 26.2 Å². The summed E-state index contributed by atoms with van der Waals surface area (Å²) >= 11 is 0. The average molecular weight is 299 g/mol. The van der Waals surface area contributed by atoms with Crippen molar-refractivity contribution < 1.29 is 14.7 Å². The van der Waals surface area contributed by atoms with Crippen molar-refractivity contribution in [3.05, 3.63) is 53.6 Å². The van der Waals surface area contributed by atoms with Crippen LogP contribution in [0.2, 0.25) is 0 Å². The Morgan fingerprint density at radius 2 is 1.91 bits per heavy atom. The summed E-state index contributed by atoms with van der Waals surface area (Å²) in [4.78, 5) is 31.0. The highest BCUT2D eigenvalue weighted by molar-refractivity contribution is 6.04. The summed E-state index contributed by atoms with van der Waals surface area (Å²) in [6, 6.07) is 6.70. The van der Waals surface area contributed by atoms with E-state index in [4.69, 9.17) is 5.11 Å². The van der Waals surface area contributed by atoms with E-state index in [0.717, 1.165) is 0 Å². The number of hydrogen-bond donors (Lipinski definition) is 2. The van der Waals surface area contributed by atoms with E-state index in [-0.39, 0.29) is 18.2 Å². The minimum absolute atomic E-state index is 0.0434. The number of aromatic nitrogens is 2. The molecule has 6 heteroatoms. The van der Waals surface area contributed by atoms with Gasteiger partial charge in [-0.1, -0.05) is 26.0 Å². The van der Waals surface area contributed by atoms with Crippen molar-refractivity contribution >= 4 is 17.6 Å². The number of carboxylic acids is 1. The topological polar surface area (TPSA) is 92.2 Å². The summed E-state index contributed by atoms with van der Waals surface area (Å²) < 4.78 is 0. The van der Waals surface area contributed by atoms with Crippen LogP contribution in [0.25, 0.3) is 0 Å². The molecule has 1 heterocycles. The summed E-state index contributed by atoms with van der Waals surface area (Å²) in [5.74, 6) is -1.06. The van der Waals surface area contributed by atoms with Gasteiger partial charge in [-0.3, -0.25) is 9.59 Å². The van der Waals surface area contributed by atoms with Crippen molar-refractivity contribution in [2.75, 3.05) is 5.32 Å². The third kappa shape index (κ3) is 3.88. The summed E-state index contributed by atoms with van der Waals surface area (Å²) in [5.41, 5.74) is 2.40. The number of amides is 1. The van der Waals surface area contributed by atoms with Crippen molar-refractivity contribution in [1.82, 2.24) is 9.97 Å². The van der Waals surface area contributed by atoms with Crippen LogP contribution in [0.15, 0.2) is 36.8 Å². The van der Waals surface area contributed by atoms with Gasteiger partial charge in [0.05, 0.1) is 17.7 Å². The second-order valence-corrected chi connectivity index (χ2v) is 5.20. The number of nitrogens with zero attached hydrogens (tertiary/aromatic N) is 2. The van der Waals surface area contributed by atoms with Crippen LogP contribution in [-0.2, 0) is 11.2 Å². The molecule has 2 N–H and O–H groups in total. The summed E-state index contributed by atoms with van der Waals surface area (Å²) in [7, 11) is 0. The molecule has 2 aromatic rings. The lowest BCUT2D eigenvalue weighted by Gasteiger charge is -2.11. The first kappa shape index (κ1) is 15.6. The molecular weight excluding hydrogens is 282 g/mol. The first-order valence-electron chi connectivity index (χ1n) is 6.89. The Kier molecular flexibility index (Phi) is 4.83. The number of carbonyl (C=O) groups is 2. The number of benzene rings is 1. The van der Waals surface area contributed by atoms with Gasteiger partial charge in [0.15, 0.2) is 0 Å². The number of rotatable bonds is 5. The lowest BCUT2D eigenvalue weighted by atomic mass is 10.0. The Labute approximate surface area is 128 Å². The molecule has 0 radical (unpaired) electrons. The van der Waals surface area contributed by atoms with Crippen molar-refractivity contribution in [3.63, 3.8) is 0 Å². The molecule has 0 unspecified atom stereocenters. The molecule has 0 fully saturated rings. The Morgan fingerprint density at radius 1 is 1.23 bits per heavy atom. The lowest BCUT2D eigenvalue weighted by molar-refractivity contribution is -0.136. The van der Waals surface area contributed by atoms with Crippen LogP contribution in [-0.4, -0.2) is 27.0 Å². The van der Waals surface area contributed by atoms with E-state index >= 15 is 0 Å². The highest BCUT2D eigenvalue weighted by Gasteiger charge is 2.15. The van der Waals surface area contributed by atoms with Crippen LogP contribution in [0.3, 0.4) is 0 Å². The fraction of sp³-hybridized carbons (Fsp3) is 0.250. The zero-order valence-corrected chi connectivity index (χ0v) is 12.4. The molecular formula is C16H17N3O3. The monoisotopic (exact) mass is 299 g/mol. The van der Waals surface area contributed by atoms with Crippen LogP contribution in [0, 0.1) is 0 Å². The van der Waals surface area contributed by atoms with Gasteiger partial charge in [0.25, 0.3) is 5.91 Å². The normalized spacial score (nSPS) is 10.5. The summed E-state index contributed by atoms with van der Waals surface area (Å²) in [6.07, 6.45) is 2.88. The first-order valence-corrected chi connectivity index (χ1v) is 6.89. The van der Waals surface area contributed by atoms with Crippen LogP contribution in [0.5, 0.6) is 0 Å². The molecule has 0 aliphatic heterocycles. The number of hydrogen-bond acceptors (Lipinski definition) is 4. The molecule has 0 saturated heterocycles. The molecule has 0 bridgehead atoms. The summed E-state index contributed by atoms with van der Waals surface area (Å²) in [5, 5.41) is 11.5. The molecule has 1 amide bonds. The molecule has 2 rings (SSSR count). The van der Waals surface area contributed by atoms with Crippen LogP contribution in [0.1, 0.15) is 41.4 Å². The Morgan fingerprint density at radius 3 is 2.50 bits per heavy atom. The van der Waals surface area contributed by atoms with E-state index < -0.39 is 5.97 Å². The Hall–Kier alpha value is -2.76. The van der Waals surface area contributed by atoms with E-state index in [2.05, 4.69) is 15.3 Å². The number of aliphatic carboxylic acids is 1. The molecule has 1 aromatic heterocycles. The highest BCUT2D eigenvalue weighted by Crippen LogP contribution is 2.17. The molecule has 0 saturated carbocycles. The average Bonchev–Trinajstić information content (AvgIpc) is 2.48.